The van der Waals surface area contributed by atoms with Gasteiger partial charge in [-0.1, -0.05) is 13.3 Å². The summed E-state index contributed by atoms with van der Waals surface area (Å²) in [5.74, 6) is 0.540. The van der Waals surface area contributed by atoms with Crippen LogP contribution >= 0.6 is 0 Å². The van der Waals surface area contributed by atoms with Crippen molar-refractivity contribution in [1.29, 1.82) is 0 Å². The Morgan fingerprint density at radius 1 is 1.38 bits per heavy atom. The van der Waals surface area contributed by atoms with E-state index in [0.29, 0.717) is 12.8 Å². The fourth-order valence-electron chi connectivity index (χ4n) is 1.97. The van der Waals surface area contributed by atoms with Gasteiger partial charge < -0.3 is 5.32 Å². The van der Waals surface area contributed by atoms with Gasteiger partial charge in [-0.15, -0.1) is 0 Å². The lowest BCUT2D eigenvalue weighted by atomic mass is 9.98. The summed E-state index contributed by atoms with van der Waals surface area (Å²) >= 11 is 0. The fraction of sp³-hybridized carbons (Fsp3) is 0.909. The van der Waals surface area contributed by atoms with Crippen molar-refractivity contribution in [3.05, 3.63) is 0 Å². The molecule has 0 aromatic heterocycles. The van der Waals surface area contributed by atoms with Crippen molar-refractivity contribution in [2.75, 3.05) is 18.1 Å². The number of carbonyl (C=O) groups is 1. The molecule has 1 fully saturated rings. The molecule has 0 aromatic carbocycles. The number of amides is 1. The van der Waals surface area contributed by atoms with Gasteiger partial charge >= 0.3 is 0 Å². The first-order valence-corrected chi connectivity index (χ1v) is 7.85. The maximum atomic E-state index is 11.6. The Bertz CT molecular complexity index is 324. The molecule has 0 spiro atoms. The van der Waals surface area contributed by atoms with E-state index >= 15 is 0 Å². The average Bonchev–Trinajstić information content (AvgIpc) is 2.44. The van der Waals surface area contributed by atoms with Gasteiger partial charge in [0.15, 0.2) is 0 Å². The molecule has 0 bridgehead atoms. The second-order valence-electron chi connectivity index (χ2n) is 4.36. The van der Waals surface area contributed by atoms with E-state index in [4.69, 9.17) is 0 Å². The van der Waals surface area contributed by atoms with Gasteiger partial charge in [-0.3, -0.25) is 4.79 Å². The summed E-state index contributed by atoms with van der Waals surface area (Å²) in [4.78, 5) is 11.6. The smallest absolute Gasteiger partial charge is 0.223 e. The minimum atomic E-state index is -2.88. The number of rotatable bonds is 5. The van der Waals surface area contributed by atoms with E-state index in [0.717, 1.165) is 25.8 Å². The minimum Gasteiger partial charge on any atom is -0.356 e. The van der Waals surface area contributed by atoms with Crippen LogP contribution in [0.5, 0.6) is 0 Å². The second-order valence-corrected chi connectivity index (χ2v) is 6.84. The maximum Gasteiger partial charge on any atom is 0.223 e. The van der Waals surface area contributed by atoms with E-state index in [9.17, 15) is 13.2 Å². The van der Waals surface area contributed by atoms with Gasteiger partial charge in [-0.25, -0.2) is 8.42 Å². The molecule has 5 heteroatoms. The Morgan fingerprint density at radius 2 is 2.12 bits per heavy atom. The van der Waals surface area contributed by atoms with Gasteiger partial charge in [0.05, 0.1) is 5.75 Å². The van der Waals surface area contributed by atoms with E-state index in [1.807, 2.05) is 0 Å². The highest BCUT2D eigenvalue weighted by Gasteiger charge is 2.20. The summed E-state index contributed by atoms with van der Waals surface area (Å²) in [5, 5.41) is 2.87. The molecule has 1 heterocycles. The van der Waals surface area contributed by atoms with Gasteiger partial charge in [-0.2, -0.15) is 0 Å². The van der Waals surface area contributed by atoms with Gasteiger partial charge in [0.2, 0.25) is 5.91 Å². The van der Waals surface area contributed by atoms with Crippen molar-refractivity contribution >= 4 is 15.7 Å². The standard InChI is InChI=1S/C11H21NO3S/c1-2-16(14,15)9-5-7-10-6-3-4-8-12-11(10)13/h10H,2-9H2,1H3,(H,12,13). The third kappa shape index (κ3) is 4.51. The van der Waals surface area contributed by atoms with Crippen molar-refractivity contribution in [1.82, 2.24) is 5.32 Å². The monoisotopic (exact) mass is 247 g/mol. The van der Waals surface area contributed by atoms with Gasteiger partial charge in [0, 0.05) is 18.2 Å². The van der Waals surface area contributed by atoms with Crippen LogP contribution in [0.25, 0.3) is 0 Å². The first-order chi connectivity index (χ1) is 7.55. The van der Waals surface area contributed by atoms with Crippen LogP contribution in [0.1, 0.15) is 39.0 Å². The zero-order valence-corrected chi connectivity index (χ0v) is 10.7. The summed E-state index contributed by atoms with van der Waals surface area (Å²) in [7, 11) is -2.88. The van der Waals surface area contributed by atoms with Crippen LogP contribution in [0.4, 0.5) is 0 Å². The lowest BCUT2D eigenvalue weighted by molar-refractivity contribution is -0.124. The van der Waals surface area contributed by atoms with E-state index in [1.54, 1.807) is 6.92 Å². The van der Waals surface area contributed by atoms with Gasteiger partial charge in [0.25, 0.3) is 0 Å². The molecule has 0 aromatic rings. The normalized spacial score (nSPS) is 22.6. The van der Waals surface area contributed by atoms with Crippen LogP contribution in [-0.2, 0) is 14.6 Å². The van der Waals surface area contributed by atoms with Crippen molar-refractivity contribution < 1.29 is 13.2 Å². The van der Waals surface area contributed by atoms with Crippen molar-refractivity contribution in [3.63, 3.8) is 0 Å². The van der Waals surface area contributed by atoms with Gasteiger partial charge in [-0.05, 0) is 25.7 Å². The molecular formula is C11H21NO3S. The average molecular weight is 247 g/mol. The van der Waals surface area contributed by atoms with E-state index < -0.39 is 9.84 Å². The lowest BCUT2D eigenvalue weighted by Crippen LogP contribution is -2.29. The highest BCUT2D eigenvalue weighted by atomic mass is 32.2. The van der Waals surface area contributed by atoms with Crippen LogP contribution in [-0.4, -0.2) is 32.4 Å². The molecule has 1 N–H and O–H groups in total. The number of nitrogens with one attached hydrogen (secondary N) is 1. The van der Waals surface area contributed by atoms with Crippen LogP contribution in [0, 0.1) is 5.92 Å². The molecule has 0 saturated carbocycles. The fourth-order valence-corrected chi connectivity index (χ4v) is 2.87. The third-order valence-corrected chi connectivity index (χ3v) is 4.89. The Kier molecular flexibility index (Phi) is 5.25. The summed E-state index contributed by atoms with van der Waals surface area (Å²) < 4.78 is 22.6. The van der Waals surface area contributed by atoms with Gasteiger partial charge in [0.1, 0.15) is 9.84 Å². The van der Waals surface area contributed by atoms with Crippen molar-refractivity contribution in [2.45, 2.75) is 39.0 Å². The largest absolute Gasteiger partial charge is 0.356 e. The second kappa shape index (κ2) is 6.23. The zero-order valence-electron chi connectivity index (χ0n) is 9.87. The first-order valence-electron chi connectivity index (χ1n) is 6.03. The predicted octanol–water partition coefficient (Wildman–Crippen LogP) is 1.12. The topological polar surface area (TPSA) is 63.2 Å². The molecule has 1 rings (SSSR count). The highest BCUT2D eigenvalue weighted by molar-refractivity contribution is 7.91. The lowest BCUT2D eigenvalue weighted by Gasteiger charge is -2.12. The molecule has 1 unspecified atom stereocenters. The molecule has 1 atom stereocenters. The number of hydrogen-bond donors (Lipinski definition) is 1. The Morgan fingerprint density at radius 3 is 2.81 bits per heavy atom. The molecule has 16 heavy (non-hydrogen) atoms. The summed E-state index contributed by atoms with van der Waals surface area (Å²) in [5.41, 5.74) is 0. The van der Waals surface area contributed by atoms with Crippen LogP contribution < -0.4 is 5.32 Å². The highest BCUT2D eigenvalue weighted by Crippen LogP contribution is 2.18. The van der Waals surface area contributed by atoms with Crippen molar-refractivity contribution in [2.24, 2.45) is 5.92 Å². The molecule has 4 nitrogen and oxygen atoms in total. The van der Waals surface area contributed by atoms with Crippen LogP contribution in [0.15, 0.2) is 0 Å². The van der Waals surface area contributed by atoms with Crippen molar-refractivity contribution in [3.8, 4) is 0 Å². The maximum absolute atomic E-state index is 11.6. The molecule has 0 aliphatic carbocycles. The number of sulfone groups is 1. The molecule has 94 valence electrons. The predicted molar refractivity (Wildman–Crippen MR) is 63.9 cm³/mol. The first kappa shape index (κ1) is 13.5. The molecule has 1 amide bonds. The summed E-state index contributed by atoms with van der Waals surface area (Å²) in [6, 6.07) is 0. The molecule has 1 saturated heterocycles. The summed E-state index contributed by atoms with van der Waals surface area (Å²) in [6.45, 7) is 2.43. The number of carbonyl (C=O) groups excluding carboxylic acids is 1. The Labute approximate surface area is 97.7 Å². The third-order valence-electron chi connectivity index (χ3n) is 3.10. The molecule has 1 aliphatic heterocycles. The molecular weight excluding hydrogens is 226 g/mol. The summed E-state index contributed by atoms with van der Waals surface area (Å²) in [6.07, 6.45) is 4.30. The Hall–Kier alpha value is -0.580. The van der Waals surface area contributed by atoms with E-state index in [1.165, 1.54) is 0 Å². The zero-order chi connectivity index (χ0) is 12.0. The Balaban J connectivity index is 2.33. The molecule has 1 aliphatic rings. The van der Waals surface area contributed by atoms with Crippen LogP contribution in [0.3, 0.4) is 0 Å². The van der Waals surface area contributed by atoms with E-state index in [2.05, 4.69) is 5.32 Å². The van der Waals surface area contributed by atoms with Crippen LogP contribution in [0.2, 0.25) is 0 Å². The minimum absolute atomic E-state index is 0.0227. The molecule has 0 radical (unpaired) electrons. The number of hydrogen-bond acceptors (Lipinski definition) is 3. The quantitative estimate of drug-likeness (QED) is 0.791. The SMILES string of the molecule is CCS(=O)(=O)CCCC1CCCCNC1=O. The van der Waals surface area contributed by atoms with E-state index in [-0.39, 0.29) is 23.3 Å².